The molecule has 0 aliphatic rings. The van der Waals surface area contributed by atoms with Crippen LogP contribution >= 0.6 is 0 Å². The number of furan rings is 1. The molecule has 0 spiro atoms. The van der Waals surface area contributed by atoms with Gasteiger partial charge in [-0.25, -0.2) is 4.68 Å². The minimum absolute atomic E-state index is 0.173. The molecule has 136 valence electrons. The SMILES string of the molecule is CCOCCCNC(=O)c1cn(-c2ccccc2)nc1-c1ccc(C)o1. The summed E-state index contributed by atoms with van der Waals surface area (Å²) in [6, 6.07) is 13.4. The molecule has 0 aliphatic heterocycles. The van der Waals surface area contributed by atoms with Gasteiger partial charge in [0.15, 0.2) is 5.76 Å². The number of rotatable bonds is 8. The Morgan fingerprint density at radius 1 is 1.23 bits per heavy atom. The smallest absolute Gasteiger partial charge is 0.255 e. The van der Waals surface area contributed by atoms with Gasteiger partial charge < -0.3 is 14.5 Å². The van der Waals surface area contributed by atoms with Crippen LogP contribution in [0.4, 0.5) is 0 Å². The van der Waals surface area contributed by atoms with Crippen molar-refractivity contribution in [3.63, 3.8) is 0 Å². The Morgan fingerprint density at radius 2 is 2.04 bits per heavy atom. The van der Waals surface area contributed by atoms with Gasteiger partial charge in [0.1, 0.15) is 11.5 Å². The van der Waals surface area contributed by atoms with Gasteiger partial charge in [-0.05, 0) is 44.5 Å². The lowest BCUT2D eigenvalue weighted by Crippen LogP contribution is -2.25. The van der Waals surface area contributed by atoms with E-state index in [4.69, 9.17) is 9.15 Å². The lowest BCUT2D eigenvalue weighted by atomic mass is 10.2. The maximum absolute atomic E-state index is 12.7. The van der Waals surface area contributed by atoms with Crippen LogP contribution in [0.25, 0.3) is 17.1 Å². The van der Waals surface area contributed by atoms with Crippen molar-refractivity contribution < 1.29 is 13.9 Å². The van der Waals surface area contributed by atoms with Crippen molar-refractivity contribution in [1.82, 2.24) is 15.1 Å². The Balaban J connectivity index is 1.85. The van der Waals surface area contributed by atoms with E-state index in [-0.39, 0.29) is 5.91 Å². The van der Waals surface area contributed by atoms with Crippen LogP contribution in [0.15, 0.2) is 53.1 Å². The normalized spacial score (nSPS) is 10.8. The summed E-state index contributed by atoms with van der Waals surface area (Å²) in [4.78, 5) is 12.7. The fourth-order valence-electron chi connectivity index (χ4n) is 2.61. The van der Waals surface area contributed by atoms with Crippen LogP contribution < -0.4 is 5.32 Å². The highest BCUT2D eigenvalue weighted by molar-refractivity contribution is 5.99. The number of amides is 1. The quantitative estimate of drug-likeness (QED) is 0.628. The third-order valence-electron chi connectivity index (χ3n) is 3.91. The average molecular weight is 353 g/mol. The summed E-state index contributed by atoms with van der Waals surface area (Å²) in [7, 11) is 0. The molecule has 6 nitrogen and oxygen atoms in total. The number of ether oxygens (including phenoxy) is 1. The van der Waals surface area contributed by atoms with E-state index in [9.17, 15) is 4.79 Å². The van der Waals surface area contributed by atoms with Crippen LogP contribution in [-0.4, -0.2) is 35.4 Å². The molecule has 1 aromatic carbocycles. The molecule has 3 aromatic rings. The molecule has 6 heteroatoms. The average Bonchev–Trinajstić information content (AvgIpc) is 3.28. The highest BCUT2D eigenvalue weighted by Crippen LogP contribution is 2.25. The van der Waals surface area contributed by atoms with Gasteiger partial charge in [0, 0.05) is 26.0 Å². The topological polar surface area (TPSA) is 69.3 Å². The van der Waals surface area contributed by atoms with Crippen LogP contribution in [0.1, 0.15) is 29.5 Å². The van der Waals surface area contributed by atoms with Gasteiger partial charge in [0.05, 0.1) is 11.3 Å². The van der Waals surface area contributed by atoms with Crippen molar-refractivity contribution in [2.45, 2.75) is 20.3 Å². The number of hydrogen-bond acceptors (Lipinski definition) is 4. The molecule has 0 saturated carbocycles. The molecule has 0 unspecified atom stereocenters. The molecule has 1 N–H and O–H groups in total. The first-order chi connectivity index (χ1) is 12.7. The van der Waals surface area contributed by atoms with E-state index in [0.29, 0.717) is 36.8 Å². The van der Waals surface area contributed by atoms with E-state index in [1.165, 1.54) is 0 Å². The van der Waals surface area contributed by atoms with E-state index in [1.807, 2.05) is 56.3 Å². The number of nitrogens with zero attached hydrogens (tertiary/aromatic N) is 2. The van der Waals surface area contributed by atoms with E-state index in [2.05, 4.69) is 10.4 Å². The summed E-state index contributed by atoms with van der Waals surface area (Å²) in [5.74, 6) is 1.18. The van der Waals surface area contributed by atoms with Crippen molar-refractivity contribution >= 4 is 5.91 Å². The molecule has 3 rings (SSSR count). The molecule has 0 radical (unpaired) electrons. The standard InChI is InChI=1S/C20H23N3O3/c1-3-25-13-7-12-21-20(24)17-14-23(16-8-5-4-6-9-16)22-19(17)18-11-10-15(2)26-18/h4-6,8-11,14H,3,7,12-13H2,1-2H3,(H,21,24). The maximum atomic E-state index is 12.7. The first-order valence-electron chi connectivity index (χ1n) is 8.77. The number of carbonyl (C=O) groups excluding carboxylic acids is 1. The number of nitrogens with one attached hydrogen (secondary N) is 1. The summed E-state index contributed by atoms with van der Waals surface area (Å²) >= 11 is 0. The molecule has 2 heterocycles. The first kappa shape index (κ1) is 17.9. The predicted molar refractivity (Wildman–Crippen MR) is 99.4 cm³/mol. The Morgan fingerprint density at radius 3 is 2.73 bits per heavy atom. The highest BCUT2D eigenvalue weighted by Gasteiger charge is 2.20. The van der Waals surface area contributed by atoms with E-state index in [1.54, 1.807) is 10.9 Å². The lowest BCUT2D eigenvalue weighted by Gasteiger charge is -2.04. The number of aryl methyl sites for hydroxylation is 1. The van der Waals surface area contributed by atoms with Crippen LogP contribution in [0, 0.1) is 6.92 Å². The highest BCUT2D eigenvalue weighted by atomic mass is 16.5. The molecule has 2 aromatic heterocycles. The molecule has 0 fully saturated rings. The molecule has 0 aliphatic carbocycles. The minimum Gasteiger partial charge on any atom is -0.460 e. The van der Waals surface area contributed by atoms with Crippen LogP contribution in [0.2, 0.25) is 0 Å². The Hall–Kier alpha value is -2.86. The monoisotopic (exact) mass is 353 g/mol. The Kier molecular flexibility index (Phi) is 5.86. The van der Waals surface area contributed by atoms with Crippen molar-refractivity contribution in [3.8, 4) is 17.1 Å². The minimum atomic E-state index is -0.173. The zero-order valence-corrected chi connectivity index (χ0v) is 15.1. The number of hydrogen-bond donors (Lipinski definition) is 1. The maximum Gasteiger partial charge on any atom is 0.255 e. The molecule has 0 atom stereocenters. The van der Waals surface area contributed by atoms with Crippen molar-refractivity contribution in [1.29, 1.82) is 0 Å². The molecular formula is C20H23N3O3. The summed E-state index contributed by atoms with van der Waals surface area (Å²) < 4.78 is 12.7. The van der Waals surface area contributed by atoms with Gasteiger partial charge in [-0.2, -0.15) is 5.10 Å². The van der Waals surface area contributed by atoms with Crippen LogP contribution in [0.3, 0.4) is 0 Å². The molecule has 0 saturated heterocycles. The number of aromatic nitrogens is 2. The summed E-state index contributed by atoms with van der Waals surface area (Å²) in [6.07, 6.45) is 2.50. The Labute approximate surface area is 152 Å². The van der Waals surface area contributed by atoms with E-state index in [0.717, 1.165) is 17.9 Å². The van der Waals surface area contributed by atoms with Crippen LogP contribution in [0.5, 0.6) is 0 Å². The molecular weight excluding hydrogens is 330 g/mol. The van der Waals surface area contributed by atoms with Gasteiger partial charge in [-0.3, -0.25) is 4.79 Å². The summed E-state index contributed by atoms with van der Waals surface area (Å²) in [5.41, 5.74) is 1.90. The van der Waals surface area contributed by atoms with Crippen molar-refractivity contribution in [3.05, 3.63) is 60.0 Å². The van der Waals surface area contributed by atoms with Gasteiger partial charge in [0.2, 0.25) is 0 Å². The zero-order chi connectivity index (χ0) is 18.4. The van der Waals surface area contributed by atoms with Gasteiger partial charge >= 0.3 is 0 Å². The van der Waals surface area contributed by atoms with Gasteiger partial charge in [-0.15, -0.1) is 0 Å². The number of carbonyl (C=O) groups is 1. The van der Waals surface area contributed by atoms with Gasteiger partial charge in [-0.1, -0.05) is 18.2 Å². The zero-order valence-electron chi connectivity index (χ0n) is 15.1. The fraction of sp³-hybridized carbons (Fsp3) is 0.300. The second-order valence-corrected chi connectivity index (χ2v) is 5.89. The van der Waals surface area contributed by atoms with Crippen LogP contribution in [-0.2, 0) is 4.74 Å². The number of benzene rings is 1. The third-order valence-corrected chi connectivity index (χ3v) is 3.91. The first-order valence-corrected chi connectivity index (χ1v) is 8.77. The Bertz CT molecular complexity index is 852. The largest absolute Gasteiger partial charge is 0.460 e. The summed E-state index contributed by atoms with van der Waals surface area (Å²) in [6.45, 7) is 5.68. The molecule has 0 bridgehead atoms. The lowest BCUT2D eigenvalue weighted by molar-refractivity contribution is 0.0944. The number of para-hydroxylation sites is 1. The summed E-state index contributed by atoms with van der Waals surface area (Å²) in [5, 5.41) is 7.51. The van der Waals surface area contributed by atoms with Crippen molar-refractivity contribution in [2.24, 2.45) is 0 Å². The molecule has 26 heavy (non-hydrogen) atoms. The molecule has 1 amide bonds. The third kappa shape index (κ3) is 4.21. The van der Waals surface area contributed by atoms with E-state index >= 15 is 0 Å². The van der Waals surface area contributed by atoms with Gasteiger partial charge in [0.25, 0.3) is 5.91 Å². The van der Waals surface area contributed by atoms with Crippen molar-refractivity contribution in [2.75, 3.05) is 19.8 Å². The second kappa shape index (κ2) is 8.49. The second-order valence-electron chi connectivity index (χ2n) is 5.89. The fourth-order valence-corrected chi connectivity index (χ4v) is 2.61. The predicted octanol–water partition coefficient (Wildman–Crippen LogP) is 3.60. The van der Waals surface area contributed by atoms with E-state index < -0.39 is 0 Å².